The Bertz CT molecular complexity index is 775. The maximum absolute atomic E-state index is 13.6. The lowest BCUT2D eigenvalue weighted by Crippen LogP contribution is -2.62. The number of carbonyl (C=O) groups excluding carboxylic acids is 1. The van der Waals surface area contributed by atoms with Crippen molar-refractivity contribution in [1.82, 2.24) is 14.8 Å². The third-order valence-corrected chi connectivity index (χ3v) is 4.82. The van der Waals surface area contributed by atoms with Crippen LogP contribution in [0.3, 0.4) is 0 Å². The molecule has 2 aromatic rings. The molecule has 0 spiro atoms. The van der Waals surface area contributed by atoms with Crippen LogP contribution in [-0.2, 0) is 6.54 Å². The van der Waals surface area contributed by atoms with Gasteiger partial charge in [-0.15, -0.1) is 0 Å². The van der Waals surface area contributed by atoms with Gasteiger partial charge in [-0.3, -0.25) is 9.88 Å². The molecule has 1 aliphatic heterocycles. The van der Waals surface area contributed by atoms with Gasteiger partial charge in [-0.05, 0) is 48.2 Å². The van der Waals surface area contributed by atoms with Crippen LogP contribution in [0.15, 0.2) is 42.7 Å². The number of anilines is 1. The summed E-state index contributed by atoms with van der Waals surface area (Å²) in [4.78, 5) is 20.7. The molecular formula is C21H27FN4O. The van der Waals surface area contributed by atoms with E-state index in [0.717, 1.165) is 13.1 Å². The molecule has 5 nitrogen and oxygen atoms in total. The molecule has 2 heterocycles. The number of likely N-dealkylation sites (tertiary alicyclic amines) is 1. The Morgan fingerprint density at radius 2 is 2.00 bits per heavy atom. The minimum Gasteiger partial charge on any atom is -0.321 e. The highest BCUT2D eigenvalue weighted by molar-refractivity contribution is 5.90. The SMILES string of the molecule is Cc1ccc(NC(=O)N2CC(N(Cc3ccncc3)CC(C)C)C2)cc1F. The van der Waals surface area contributed by atoms with Crippen molar-refractivity contribution in [2.45, 2.75) is 33.4 Å². The van der Waals surface area contributed by atoms with E-state index in [4.69, 9.17) is 0 Å². The zero-order valence-electron chi connectivity index (χ0n) is 16.2. The van der Waals surface area contributed by atoms with E-state index in [1.165, 1.54) is 11.6 Å². The molecule has 144 valence electrons. The van der Waals surface area contributed by atoms with Crippen molar-refractivity contribution >= 4 is 11.7 Å². The molecule has 1 N–H and O–H groups in total. The number of nitrogens with one attached hydrogen (secondary N) is 1. The summed E-state index contributed by atoms with van der Waals surface area (Å²) in [5.41, 5.74) is 2.28. The largest absolute Gasteiger partial charge is 0.321 e. The second-order valence-corrected chi connectivity index (χ2v) is 7.63. The molecule has 3 rings (SSSR count). The molecule has 0 saturated carbocycles. The normalized spacial score (nSPS) is 14.5. The van der Waals surface area contributed by atoms with Crippen molar-refractivity contribution in [1.29, 1.82) is 0 Å². The second-order valence-electron chi connectivity index (χ2n) is 7.63. The zero-order chi connectivity index (χ0) is 19.4. The van der Waals surface area contributed by atoms with E-state index < -0.39 is 0 Å². The van der Waals surface area contributed by atoms with Crippen LogP contribution in [0.2, 0.25) is 0 Å². The molecule has 27 heavy (non-hydrogen) atoms. The van der Waals surface area contributed by atoms with E-state index in [-0.39, 0.29) is 11.8 Å². The lowest BCUT2D eigenvalue weighted by atomic mass is 10.0. The summed E-state index contributed by atoms with van der Waals surface area (Å²) in [5, 5.41) is 2.78. The highest BCUT2D eigenvalue weighted by atomic mass is 19.1. The Kier molecular flexibility index (Phi) is 6.06. The highest BCUT2D eigenvalue weighted by Crippen LogP contribution is 2.21. The fourth-order valence-electron chi connectivity index (χ4n) is 3.26. The summed E-state index contributed by atoms with van der Waals surface area (Å²) in [5.74, 6) is 0.236. The van der Waals surface area contributed by atoms with Crippen molar-refractivity contribution in [3.63, 3.8) is 0 Å². The first-order valence-electron chi connectivity index (χ1n) is 9.37. The van der Waals surface area contributed by atoms with Crippen LogP contribution in [0.4, 0.5) is 14.9 Å². The predicted molar refractivity (Wildman–Crippen MR) is 105 cm³/mol. The first kappa shape index (κ1) is 19.3. The van der Waals surface area contributed by atoms with Crippen LogP contribution in [-0.4, -0.2) is 46.5 Å². The summed E-state index contributed by atoms with van der Waals surface area (Å²) < 4.78 is 13.6. The fraction of sp³-hybridized carbons (Fsp3) is 0.429. The number of halogens is 1. The van der Waals surface area contributed by atoms with Crippen molar-refractivity contribution < 1.29 is 9.18 Å². The molecule has 0 atom stereocenters. The van der Waals surface area contributed by atoms with Gasteiger partial charge < -0.3 is 10.2 Å². The number of urea groups is 1. The maximum Gasteiger partial charge on any atom is 0.321 e. The van der Waals surface area contributed by atoms with Crippen LogP contribution < -0.4 is 5.32 Å². The number of carbonyl (C=O) groups is 1. The van der Waals surface area contributed by atoms with Crippen LogP contribution in [0, 0.1) is 18.7 Å². The van der Waals surface area contributed by atoms with Gasteiger partial charge in [0.25, 0.3) is 0 Å². The maximum atomic E-state index is 13.6. The monoisotopic (exact) mass is 370 g/mol. The second kappa shape index (κ2) is 8.48. The third kappa shape index (κ3) is 5.04. The van der Waals surface area contributed by atoms with Crippen LogP contribution >= 0.6 is 0 Å². The molecule has 0 radical (unpaired) electrons. The molecule has 2 amide bonds. The Balaban J connectivity index is 1.56. The minimum atomic E-state index is -0.310. The predicted octanol–water partition coefficient (Wildman–Crippen LogP) is 3.90. The van der Waals surface area contributed by atoms with Crippen LogP contribution in [0.1, 0.15) is 25.0 Å². The van der Waals surface area contributed by atoms with E-state index in [2.05, 4.69) is 29.0 Å². The number of pyridine rings is 1. The Morgan fingerprint density at radius 1 is 1.30 bits per heavy atom. The number of nitrogens with zero attached hydrogens (tertiary/aromatic N) is 3. The van der Waals surface area contributed by atoms with Gasteiger partial charge in [-0.25, -0.2) is 9.18 Å². The fourth-order valence-corrected chi connectivity index (χ4v) is 3.26. The summed E-state index contributed by atoms with van der Waals surface area (Å²) in [6.45, 7) is 9.29. The third-order valence-electron chi connectivity index (χ3n) is 4.82. The van der Waals surface area contributed by atoms with Gasteiger partial charge in [0.15, 0.2) is 0 Å². The van der Waals surface area contributed by atoms with Gasteiger partial charge in [-0.1, -0.05) is 19.9 Å². The minimum absolute atomic E-state index is 0.178. The number of hydrogen-bond donors (Lipinski definition) is 1. The van der Waals surface area contributed by atoms with Crippen LogP contribution in [0.5, 0.6) is 0 Å². The van der Waals surface area contributed by atoms with Gasteiger partial charge in [0.05, 0.1) is 0 Å². The van der Waals surface area contributed by atoms with Crippen LogP contribution in [0.25, 0.3) is 0 Å². The summed E-state index contributed by atoms with van der Waals surface area (Å²) in [6, 6.07) is 8.97. The van der Waals surface area contributed by atoms with Crippen molar-refractivity contribution in [2.24, 2.45) is 5.92 Å². The van der Waals surface area contributed by atoms with Crippen molar-refractivity contribution in [2.75, 3.05) is 25.0 Å². The average molecular weight is 370 g/mol. The lowest BCUT2D eigenvalue weighted by molar-refractivity contribution is 0.0486. The number of rotatable bonds is 6. The molecule has 1 aromatic carbocycles. The zero-order valence-corrected chi connectivity index (χ0v) is 16.2. The molecule has 0 aliphatic carbocycles. The standard InChI is InChI=1S/C21H27FN4O/c1-15(2)11-25(12-17-6-8-23-9-7-17)19-13-26(14-19)21(27)24-18-5-4-16(3)20(22)10-18/h4-10,15,19H,11-14H2,1-3H3,(H,24,27). The number of aromatic nitrogens is 1. The van der Waals surface area contributed by atoms with E-state index in [1.807, 2.05) is 24.5 Å². The number of hydrogen-bond acceptors (Lipinski definition) is 3. The lowest BCUT2D eigenvalue weighted by Gasteiger charge is -2.45. The number of amides is 2. The first-order chi connectivity index (χ1) is 12.9. The number of aryl methyl sites for hydroxylation is 1. The summed E-state index contributed by atoms with van der Waals surface area (Å²) in [7, 11) is 0. The van der Waals surface area contributed by atoms with Gasteiger partial charge >= 0.3 is 6.03 Å². The Hall–Kier alpha value is -2.47. The molecule has 1 aromatic heterocycles. The molecule has 1 fully saturated rings. The average Bonchev–Trinajstić information content (AvgIpc) is 2.57. The van der Waals surface area contributed by atoms with Gasteiger partial charge in [0.1, 0.15) is 5.82 Å². The smallest absolute Gasteiger partial charge is 0.321 e. The van der Waals surface area contributed by atoms with Gasteiger partial charge in [-0.2, -0.15) is 0 Å². The topological polar surface area (TPSA) is 48.5 Å². The highest BCUT2D eigenvalue weighted by Gasteiger charge is 2.35. The quantitative estimate of drug-likeness (QED) is 0.839. The molecule has 6 heteroatoms. The molecule has 0 bridgehead atoms. The molecule has 0 unspecified atom stereocenters. The molecule has 1 aliphatic rings. The van der Waals surface area contributed by atoms with Gasteiger partial charge in [0.2, 0.25) is 0 Å². The first-order valence-corrected chi connectivity index (χ1v) is 9.37. The molecule has 1 saturated heterocycles. The summed E-state index contributed by atoms with van der Waals surface area (Å²) in [6.07, 6.45) is 3.62. The van der Waals surface area contributed by atoms with E-state index >= 15 is 0 Å². The van der Waals surface area contributed by atoms with Crippen molar-refractivity contribution in [3.8, 4) is 0 Å². The van der Waals surface area contributed by atoms with E-state index in [1.54, 1.807) is 24.0 Å². The van der Waals surface area contributed by atoms with E-state index in [9.17, 15) is 9.18 Å². The summed E-state index contributed by atoms with van der Waals surface area (Å²) >= 11 is 0. The molecular weight excluding hydrogens is 343 g/mol. The van der Waals surface area contributed by atoms with E-state index in [0.29, 0.717) is 36.3 Å². The van der Waals surface area contributed by atoms with Crippen molar-refractivity contribution in [3.05, 3.63) is 59.7 Å². The Labute approximate surface area is 160 Å². The van der Waals surface area contributed by atoms with Gasteiger partial charge in [0, 0.05) is 50.3 Å². The Morgan fingerprint density at radius 3 is 2.63 bits per heavy atom. The number of benzene rings is 1.